The lowest BCUT2D eigenvalue weighted by Crippen LogP contribution is -2.23. The fraction of sp³-hybridized carbons (Fsp3) is 0.208. The Labute approximate surface area is 190 Å². The maximum atomic E-state index is 13.0. The molecule has 0 unspecified atom stereocenters. The molecule has 4 rings (SSSR count). The summed E-state index contributed by atoms with van der Waals surface area (Å²) in [5, 5.41) is 12.2. The van der Waals surface area contributed by atoms with Gasteiger partial charge in [0.2, 0.25) is 5.75 Å². The van der Waals surface area contributed by atoms with Gasteiger partial charge in [-0.3, -0.25) is 14.3 Å². The van der Waals surface area contributed by atoms with Crippen molar-refractivity contribution >= 4 is 17.7 Å². The highest BCUT2D eigenvalue weighted by molar-refractivity contribution is 6.09. The van der Waals surface area contributed by atoms with Gasteiger partial charge in [0.25, 0.3) is 11.5 Å². The van der Waals surface area contributed by atoms with E-state index >= 15 is 0 Å². The number of amides is 1. The van der Waals surface area contributed by atoms with Crippen LogP contribution in [0.15, 0.2) is 52.8 Å². The van der Waals surface area contributed by atoms with Crippen LogP contribution >= 0.6 is 0 Å². The SMILES string of the molecule is COc1cc(C=C(C#N)C(=O)Nc2c(C)n(C)n(-c3ccccc3)c2=O)cc2c1OCCO2. The predicted octanol–water partition coefficient (Wildman–Crippen LogP) is 2.81. The van der Waals surface area contributed by atoms with Gasteiger partial charge in [-0.05, 0) is 42.8 Å². The molecule has 0 radical (unpaired) electrons. The van der Waals surface area contributed by atoms with Crippen molar-refractivity contribution < 1.29 is 19.0 Å². The Balaban J connectivity index is 1.67. The van der Waals surface area contributed by atoms with Crippen molar-refractivity contribution in [3.05, 3.63) is 69.6 Å². The van der Waals surface area contributed by atoms with Gasteiger partial charge in [-0.1, -0.05) is 18.2 Å². The predicted molar refractivity (Wildman–Crippen MR) is 122 cm³/mol. The van der Waals surface area contributed by atoms with E-state index in [0.29, 0.717) is 47.4 Å². The lowest BCUT2D eigenvalue weighted by Gasteiger charge is -2.21. The third-order valence-corrected chi connectivity index (χ3v) is 5.32. The van der Waals surface area contributed by atoms with Crippen molar-refractivity contribution in [2.75, 3.05) is 25.6 Å². The molecule has 1 aromatic heterocycles. The monoisotopic (exact) mass is 446 g/mol. The number of carbonyl (C=O) groups is 1. The van der Waals surface area contributed by atoms with Crippen LogP contribution in [0.25, 0.3) is 11.8 Å². The van der Waals surface area contributed by atoms with Gasteiger partial charge in [0.05, 0.1) is 18.5 Å². The average molecular weight is 446 g/mol. The third-order valence-electron chi connectivity index (χ3n) is 5.32. The second-order valence-corrected chi connectivity index (χ2v) is 7.31. The number of rotatable bonds is 5. The molecule has 33 heavy (non-hydrogen) atoms. The van der Waals surface area contributed by atoms with E-state index in [9.17, 15) is 14.9 Å². The zero-order chi connectivity index (χ0) is 23.5. The number of anilines is 1. The molecule has 0 saturated heterocycles. The van der Waals surface area contributed by atoms with Gasteiger partial charge in [0, 0.05) is 7.05 Å². The molecule has 0 bridgehead atoms. The van der Waals surface area contributed by atoms with Crippen molar-refractivity contribution in [3.8, 4) is 29.0 Å². The zero-order valence-corrected chi connectivity index (χ0v) is 18.4. The molecule has 9 nitrogen and oxygen atoms in total. The van der Waals surface area contributed by atoms with Crippen LogP contribution in [0.3, 0.4) is 0 Å². The van der Waals surface area contributed by atoms with Crippen molar-refractivity contribution in [3.63, 3.8) is 0 Å². The van der Waals surface area contributed by atoms with Crippen LogP contribution in [0.5, 0.6) is 17.2 Å². The fourth-order valence-corrected chi connectivity index (χ4v) is 3.59. The number of ether oxygens (including phenoxy) is 3. The number of fused-ring (bicyclic) bond motifs is 1. The molecule has 1 aliphatic rings. The third kappa shape index (κ3) is 4.06. The summed E-state index contributed by atoms with van der Waals surface area (Å²) in [6.07, 6.45) is 1.41. The summed E-state index contributed by atoms with van der Waals surface area (Å²) < 4.78 is 19.6. The van der Waals surface area contributed by atoms with Gasteiger partial charge in [-0.15, -0.1) is 0 Å². The van der Waals surface area contributed by atoms with Gasteiger partial charge in [0.15, 0.2) is 11.5 Å². The quantitative estimate of drug-likeness (QED) is 0.477. The number of aromatic nitrogens is 2. The van der Waals surface area contributed by atoms with Crippen molar-refractivity contribution in [1.82, 2.24) is 9.36 Å². The molecule has 3 aromatic rings. The molecule has 0 fully saturated rings. The number of para-hydroxylation sites is 1. The lowest BCUT2D eigenvalue weighted by atomic mass is 10.1. The Morgan fingerprint density at radius 1 is 1.21 bits per heavy atom. The van der Waals surface area contributed by atoms with Gasteiger partial charge in [-0.2, -0.15) is 5.26 Å². The van der Waals surface area contributed by atoms with Gasteiger partial charge >= 0.3 is 0 Å². The molecule has 0 saturated carbocycles. The van der Waals surface area contributed by atoms with Crippen molar-refractivity contribution in [2.24, 2.45) is 7.05 Å². The van der Waals surface area contributed by atoms with Gasteiger partial charge in [-0.25, -0.2) is 4.68 Å². The minimum absolute atomic E-state index is 0.104. The normalized spacial score (nSPS) is 12.7. The van der Waals surface area contributed by atoms with Crippen LogP contribution in [0.1, 0.15) is 11.3 Å². The first-order valence-electron chi connectivity index (χ1n) is 10.2. The standard InChI is InChI=1S/C24H22N4O5/c1-15-21(24(30)28(27(15)2)18-7-5-4-6-8-18)26-23(29)17(14-25)11-16-12-19(31-3)22-20(13-16)32-9-10-33-22/h4-8,11-13H,9-10H2,1-3H3,(H,26,29). The van der Waals surface area contributed by atoms with Crippen LogP contribution in [-0.4, -0.2) is 35.6 Å². The Morgan fingerprint density at radius 3 is 2.64 bits per heavy atom. The van der Waals surface area contributed by atoms with Crippen molar-refractivity contribution in [2.45, 2.75) is 6.92 Å². The number of benzene rings is 2. The highest BCUT2D eigenvalue weighted by Crippen LogP contribution is 2.40. The first-order chi connectivity index (χ1) is 15.9. The Morgan fingerprint density at radius 2 is 1.94 bits per heavy atom. The summed E-state index contributed by atoms with van der Waals surface area (Å²) in [6.45, 7) is 2.51. The molecule has 9 heteroatoms. The maximum Gasteiger partial charge on any atom is 0.295 e. The largest absolute Gasteiger partial charge is 0.493 e. The molecule has 1 N–H and O–H groups in total. The topological polar surface area (TPSA) is 108 Å². The summed E-state index contributed by atoms with van der Waals surface area (Å²) in [5.41, 5.74) is 1.26. The molecule has 2 heterocycles. The minimum atomic E-state index is -0.697. The fourth-order valence-electron chi connectivity index (χ4n) is 3.59. The Hall–Kier alpha value is -4.45. The van der Waals surface area contributed by atoms with Crippen LogP contribution in [0, 0.1) is 18.3 Å². The van der Waals surface area contributed by atoms with E-state index in [2.05, 4.69) is 5.32 Å². The number of methoxy groups -OCH3 is 1. The summed E-state index contributed by atoms with van der Waals surface area (Å²) in [7, 11) is 3.22. The second-order valence-electron chi connectivity index (χ2n) is 7.31. The molecule has 0 aliphatic carbocycles. The van der Waals surface area contributed by atoms with Crippen molar-refractivity contribution in [1.29, 1.82) is 5.26 Å². The average Bonchev–Trinajstić information content (AvgIpc) is 3.05. The first-order valence-corrected chi connectivity index (χ1v) is 10.2. The molecule has 2 aromatic carbocycles. The van der Waals surface area contributed by atoms with E-state index in [4.69, 9.17) is 14.2 Å². The smallest absolute Gasteiger partial charge is 0.295 e. The van der Waals surface area contributed by atoms with Crippen LogP contribution in [-0.2, 0) is 11.8 Å². The second kappa shape index (κ2) is 8.96. The van der Waals surface area contributed by atoms with E-state index in [1.54, 1.807) is 42.9 Å². The molecular weight excluding hydrogens is 424 g/mol. The number of carbonyl (C=O) groups excluding carboxylic acids is 1. The summed E-state index contributed by atoms with van der Waals surface area (Å²) in [6, 6.07) is 14.3. The van der Waals surface area contributed by atoms with E-state index in [-0.39, 0.29) is 11.3 Å². The van der Waals surface area contributed by atoms with E-state index in [1.807, 2.05) is 24.3 Å². The number of nitrogens with zero attached hydrogens (tertiary/aromatic N) is 3. The number of nitrogens with one attached hydrogen (secondary N) is 1. The van der Waals surface area contributed by atoms with Crippen LogP contribution in [0.2, 0.25) is 0 Å². The van der Waals surface area contributed by atoms with E-state index < -0.39 is 11.5 Å². The van der Waals surface area contributed by atoms with Gasteiger partial charge in [0.1, 0.15) is 30.5 Å². The molecule has 1 amide bonds. The molecule has 0 atom stereocenters. The molecular formula is C24H22N4O5. The maximum absolute atomic E-state index is 13.0. The zero-order valence-electron chi connectivity index (χ0n) is 18.4. The first kappa shape index (κ1) is 21.8. The number of nitriles is 1. The van der Waals surface area contributed by atoms with Crippen LogP contribution in [0.4, 0.5) is 5.69 Å². The number of hydrogen-bond acceptors (Lipinski definition) is 6. The van der Waals surface area contributed by atoms with Crippen LogP contribution < -0.4 is 25.1 Å². The summed E-state index contributed by atoms with van der Waals surface area (Å²) >= 11 is 0. The Kier molecular flexibility index (Phi) is 5.91. The van der Waals surface area contributed by atoms with E-state index in [0.717, 1.165) is 0 Å². The molecule has 168 valence electrons. The Bertz CT molecular complexity index is 1330. The number of hydrogen-bond donors (Lipinski definition) is 1. The molecule has 1 aliphatic heterocycles. The minimum Gasteiger partial charge on any atom is -0.493 e. The highest BCUT2D eigenvalue weighted by Gasteiger charge is 2.21. The summed E-state index contributed by atoms with van der Waals surface area (Å²) in [4.78, 5) is 25.9. The van der Waals surface area contributed by atoms with Gasteiger partial charge < -0.3 is 19.5 Å². The lowest BCUT2D eigenvalue weighted by molar-refractivity contribution is -0.112. The van der Waals surface area contributed by atoms with E-state index in [1.165, 1.54) is 17.9 Å². The molecule has 0 spiro atoms. The summed E-state index contributed by atoms with van der Waals surface area (Å²) in [5.74, 6) is 0.678. The highest BCUT2D eigenvalue weighted by atomic mass is 16.6.